The van der Waals surface area contributed by atoms with Gasteiger partial charge in [-0.1, -0.05) is 52.7 Å². The van der Waals surface area contributed by atoms with E-state index in [9.17, 15) is 14.0 Å². The van der Waals surface area contributed by atoms with Crippen LogP contribution >= 0.6 is 57.1 Å². The second kappa shape index (κ2) is 13.2. The summed E-state index contributed by atoms with van der Waals surface area (Å²) in [4.78, 5) is 31.9. The molecule has 1 aliphatic heterocycles. The minimum atomic E-state index is -0.830. The van der Waals surface area contributed by atoms with Gasteiger partial charge in [0, 0.05) is 15.6 Å². The molecule has 0 saturated carbocycles. The molecule has 2 heterocycles. The standard InChI is InChI=1S/C31H24Cl2FIN2O5S/c1-4-41-30(39)26-16(2)36-31-37(27(26)18-6-9-21(34)10-7-18)29(38)25(43-31)13-17-11-23(35)28(24(12-17)40-3)42-15-19-5-8-20(32)14-22(19)33/h5-14,27H,4,15H2,1-3H3/b25-13-/t27-/m1/s1. The number of hydrogen-bond acceptors (Lipinski definition) is 7. The van der Waals surface area contributed by atoms with Crippen molar-refractivity contribution in [2.45, 2.75) is 26.5 Å². The molecular weight excluding hydrogens is 729 g/mol. The van der Waals surface area contributed by atoms with Gasteiger partial charge in [0.15, 0.2) is 16.3 Å². The Balaban J connectivity index is 1.56. The number of rotatable bonds is 8. The number of methoxy groups -OCH3 is 1. The maximum Gasteiger partial charge on any atom is 0.338 e. The van der Waals surface area contributed by atoms with E-state index in [-0.39, 0.29) is 24.3 Å². The van der Waals surface area contributed by atoms with Crippen molar-refractivity contribution in [3.63, 3.8) is 0 Å². The zero-order valence-electron chi connectivity index (χ0n) is 23.1. The first kappa shape index (κ1) is 31.2. The minimum absolute atomic E-state index is 0.156. The molecule has 0 bridgehead atoms. The largest absolute Gasteiger partial charge is 0.493 e. The number of fused-ring (bicyclic) bond motifs is 1. The second-order valence-corrected chi connectivity index (χ2v) is 12.4. The molecule has 12 heteroatoms. The van der Waals surface area contributed by atoms with E-state index in [0.717, 1.165) is 9.13 Å². The molecule has 222 valence electrons. The van der Waals surface area contributed by atoms with Crippen LogP contribution in [0, 0.1) is 9.39 Å². The number of thiazole rings is 1. The van der Waals surface area contributed by atoms with Crippen LogP contribution in [0.2, 0.25) is 10.0 Å². The van der Waals surface area contributed by atoms with Crippen LogP contribution < -0.4 is 24.4 Å². The molecule has 1 aromatic heterocycles. The lowest BCUT2D eigenvalue weighted by molar-refractivity contribution is -0.139. The lowest BCUT2D eigenvalue weighted by Crippen LogP contribution is -2.39. The zero-order chi connectivity index (χ0) is 30.8. The van der Waals surface area contributed by atoms with Crippen molar-refractivity contribution < 1.29 is 23.4 Å². The van der Waals surface area contributed by atoms with Crippen LogP contribution in [-0.4, -0.2) is 24.3 Å². The van der Waals surface area contributed by atoms with Crippen molar-refractivity contribution in [1.82, 2.24) is 4.57 Å². The van der Waals surface area contributed by atoms with Gasteiger partial charge in [-0.2, -0.15) is 0 Å². The Hall–Kier alpha value is -3.19. The molecule has 1 atom stereocenters. The third-order valence-electron chi connectivity index (χ3n) is 6.64. The van der Waals surface area contributed by atoms with E-state index in [4.69, 9.17) is 37.4 Å². The second-order valence-electron chi connectivity index (χ2n) is 9.41. The van der Waals surface area contributed by atoms with Crippen molar-refractivity contribution in [2.24, 2.45) is 4.99 Å². The fraction of sp³-hybridized carbons (Fsp3) is 0.194. The van der Waals surface area contributed by atoms with Gasteiger partial charge in [0.05, 0.1) is 39.1 Å². The fourth-order valence-corrected chi connectivity index (χ4v) is 6.95. The van der Waals surface area contributed by atoms with Gasteiger partial charge in [-0.15, -0.1) is 0 Å². The molecule has 0 N–H and O–H groups in total. The molecule has 0 unspecified atom stereocenters. The van der Waals surface area contributed by atoms with Crippen LogP contribution in [0.3, 0.4) is 0 Å². The smallest absolute Gasteiger partial charge is 0.338 e. The van der Waals surface area contributed by atoms with Crippen LogP contribution in [0.1, 0.15) is 36.6 Å². The van der Waals surface area contributed by atoms with Gasteiger partial charge in [-0.25, -0.2) is 14.2 Å². The lowest BCUT2D eigenvalue weighted by Gasteiger charge is -2.24. The molecule has 0 fully saturated rings. The molecular formula is C31H24Cl2FIN2O5S. The summed E-state index contributed by atoms with van der Waals surface area (Å²) in [5.41, 5.74) is 2.33. The number of hydrogen-bond donors (Lipinski definition) is 0. The van der Waals surface area contributed by atoms with Crippen molar-refractivity contribution >= 4 is 69.2 Å². The van der Waals surface area contributed by atoms with Crippen LogP contribution in [-0.2, 0) is 16.1 Å². The number of carbonyl (C=O) groups excluding carboxylic acids is 1. The van der Waals surface area contributed by atoms with Crippen LogP contribution in [0.15, 0.2) is 75.7 Å². The number of carbonyl (C=O) groups is 1. The van der Waals surface area contributed by atoms with Gasteiger partial charge in [0.1, 0.15) is 12.4 Å². The molecule has 7 nitrogen and oxygen atoms in total. The number of ether oxygens (including phenoxy) is 3. The SMILES string of the molecule is CCOC(=O)C1=C(C)N=c2s/c(=C\c3cc(I)c(OCc4ccc(Cl)cc4Cl)c(OC)c3)c(=O)n2[C@@H]1c1ccc(F)cc1. The number of nitrogens with zero attached hydrogens (tertiary/aromatic N) is 2. The van der Waals surface area contributed by atoms with Crippen molar-refractivity contribution in [1.29, 1.82) is 0 Å². The van der Waals surface area contributed by atoms with Crippen molar-refractivity contribution in [3.05, 3.63) is 122 Å². The lowest BCUT2D eigenvalue weighted by atomic mass is 9.96. The fourth-order valence-electron chi connectivity index (χ4n) is 4.66. The van der Waals surface area contributed by atoms with Gasteiger partial charge in [-0.3, -0.25) is 9.36 Å². The third kappa shape index (κ3) is 6.52. The van der Waals surface area contributed by atoms with E-state index < -0.39 is 17.8 Å². The Bertz CT molecular complexity index is 1940. The van der Waals surface area contributed by atoms with Gasteiger partial charge in [0.25, 0.3) is 5.56 Å². The normalized spacial score (nSPS) is 14.8. The quantitative estimate of drug-likeness (QED) is 0.153. The zero-order valence-corrected chi connectivity index (χ0v) is 27.6. The summed E-state index contributed by atoms with van der Waals surface area (Å²) in [6, 6.07) is 13.7. The first-order chi connectivity index (χ1) is 20.6. The number of allylic oxidation sites excluding steroid dienone is 1. The van der Waals surface area contributed by atoms with E-state index >= 15 is 0 Å². The molecule has 0 saturated heterocycles. The van der Waals surface area contributed by atoms with Crippen molar-refractivity contribution in [3.8, 4) is 11.5 Å². The highest BCUT2D eigenvalue weighted by atomic mass is 127. The molecule has 3 aromatic carbocycles. The Morgan fingerprint density at radius 2 is 1.91 bits per heavy atom. The average Bonchev–Trinajstić information content (AvgIpc) is 3.26. The Kier molecular flexibility index (Phi) is 9.60. The maximum absolute atomic E-state index is 13.9. The predicted molar refractivity (Wildman–Crippen MR) is 173 cm³/mol. The Morgan fingerprint density at radius 3 is 2.58 bits per heavy atom. The van der Waals surface area contributed by atoms with Crippen LogP contribution in [0.4, 0.5) is 4.39 Å². The first-order valence-electron chi connectivity index (χ1n) is 13.0. The number of aromatic nitrogens is 1. The Morgan fingerprint density at radius 1 is 1.16 bits per heavy atom. The number of benzene rings is 3. The highest BCUT2D eigenvalue weighted by molar-refractivity contribution is 14.1. The van der Waals surface area contributed by atoms with E-state index in [0.29, 0.717) is 47.7 Å². The van der Waals surface area contributed by atoms with Gasteiger partial charge >= 0.3 is 5.97 Å². The average molecular weight is 753 g/mol. The van der Waals surface area contributed by atoms with Crippen molar-refractivity contribution in [2.75, 3.05) is 13.7 Å². The minimum Gasteiger partial charge on any atom is -0.493 e. The van der Waals surface area contributed by atoms with E-state index in [1.807, 2.05) is 6.07 Å². The topological polar surface area (TPSA) is 79.1 Å². The summed E-state index contributed by atoms with van der Waals surface area (Å²) in [6.45, 7) is 3.76. The van der Waals surface area contributed by atoms with Crippen LogP contribution in [0.5, 0.6) is 11.5 Å². The van der Waals surface area contributed by atoms with Gasteiger partial charge in [-0.05, 0) is 90.0 Å². The predicted octanol–water partition coefficient (Wildman–Crippen LogP) is 6.44. The molecule has 0 spiro atoms. The molecule has 0 aliphatic carbocycles. The number of esters is 1. The maximum atomic E-state index is 13.9. The third-order valence-corrected chi connectivity index (χ3v) is 9.01. The van der Waals surface area contributed by atoms with E-state index in [2.05, 4.69) is 27.6 Å². The van der Waals surface area contributed by atoms with Gasteiger partial charge in [0.2, 0.25) is 0 Å². The molecule has 0 amide bonds. The summed E-state index contributed by atoms with van der Waals surface area (Å²) in [6.07, 6.45) is 1.74. The molecule has 43 heavy (non-hydrogen) atoms. The molecule has 0 radical (unpaired) electrons. The summed E-state index contributed by atoms with van der Waals surface area (Å²) < 4.78 is 33.4. The molecule has 5 rings (SSSR count). The first-order valence-corrected chi connectivity index (χ1v) is 15.7. The summed E-state index contributed by atoms with van der Waals surface area (Å²) >= 11 is 15.6. The summed E-state index contributed by atoms with van der Waals surface area (Å²) in [7, 11) is 1.54. The highest BCUT2D eigenvalue weighted by Crippen LogP contribution is 2.36. The highest BCUT2D eigenvalue weighted by Gasteiger charge is 2.33. The Labute approximate surface area is 274 Å². The van der Waals surface area contributed by atoms with Gasteiger partial charge < -0.3 is 14.2 Å². The monoisotopic (exact) mass is 752 g/mol. The molecule has 1 aliphatic rings. The van der Waals surface area contributed by atoms with E-state index in [1.165, 1.54) is 35.1 Å². The molecule has 4 aromatic rings. The summed E-state index contributed by atoms with van der Waals surface area (Å²) in [5, 5.41) is 1.03. The van der Waals surface area contributed by atoms with E-state index in [1.54, 1.807) is 56.3 Å². The summed E-state index contributed by atoms with van der Waals surface area (Å²) in [5.74, 6) is -0.0108. The number of halogens is 4. The van der Waals surface area contributed by atoms with Crippen LogP contribution in [0.25, 0.3) is 6.08 Å².